The third-order valence-corrected chi connectivity index (χ3v) is 3.89. The van der Waals surface area contributed by atoms with Crippen molar-refractivity contribution in [2.75, 3.05) is 23.4 Å². The van der Waals surface area contributed by atoms with Crippen molar-refractivity contribution in [1.29, 1.82) is 0 Å². The second-order valence-electron chi connectivity index (χ2n) is 4.55. The molecule has 1 N–H and O–H groups in total. The van der Waals surface area contributed by atoms with E-state index in [1.165, 1.54) is 24.3 Å². The summed E-state index contributed by atoms with van der Waals surface area (Å²) in [7, 11) is 0. The zero-order valence-corrected chi connectivity index (χ0v) is 11.9. The van der Waals surface area contributed by atoms with Gasteiger partial charge >= 0.3 is 0 Å². The molecule has 0 spiro atoms. The minimum absolute atomic E-state index is 0.507. The van der Waals surface area contributed by atoms with Crippen LogP contribution >= 0.6 is 11.8 Å². The molecule has 0 aliphatic carbocycles. The minimum atomic E-state index is 0.507. The number of nitrogens with zero attached hydrogens (tertiary/aromatic N) is 2. The fourth-order valence-electron chi connectivity index (χ4n) is 1.91. The Morgan fingerprint density at radius 3 is 2.89 bits per heavy atom. The molecule has 0 radical (unpaired) electrons. The molecule has 1 aliphatic rings. The quantitative estimate of drug-likeness (QED) is 0.889. The van der Waals surface area contributed by atoms with Crippen molar-refractivity contribution < 1.29 is 4.74 Å². The highest BCUT2D eigenvalue weighted by Crippen LogP contribution is 2.20. The summed E-state index contributed by atoms with van der Waals surface area (Å²) in [6.07, 6.45) is 3.37. The monoisotopic (exact) mass is 267 g/mol. The van der Waals surface area contributed by atoms with Gasteiger partial charge in [0, 0.05) is 17.8 Å². The predicted molar refractivity (Wildman–Crippen MR) is 76.5 cm³/mol. The van der Waals surface area contributed by atoms with Crippen LogP contribution in [0.15, 0.2) is 6.07 Å². The Balaban J connectivity index is 1.99. The minimum Gasteiger partial charge on any atom is -0.478 e. The van der Waals surface area contributed by atoms with Gasteiger partial charge in [-0.15, -0.1) is 0 Å². The average molecular weight is 267 g/mol. The molecule has 5 heteroatoms. The Morgan fingerprint density at radius 1 is 1.39 bits per heavy atom. The van der Waals surface area contributed by atoms with Crippen LogP contribution in [-0.4, -0.2) is 34.1 Å². The summed E-state index contributed by atoms with van der Waals surface area (Å²) < 4.78 is 5.57. The Morgan fingerprint density at radius 2 is 2.17 bits per heavy atom. The molecular weight excluding hydrogens is 246 g/mol. The standard InChI is InChI=1S/C13H21N3OS/c1-3-6-17-12-9-10(2)14-13(16-12)15-11-4-7-18-8-5-11/h9,11H,3-8H2,1-2H3,(H,14,15,16). The van der Waals surface area contributed by atoms with Gasteiger partial charge in [-0.3, -0.25) is 0 Å². The van der Waals surface area contributed by atoms with Crippen LogP contribution in [0.3, 0.4) is 0 Å². The first-order valence-corrected chi connectivity index (χ1v) is 7.76. The van der Waals surface area contributed by atoms with Crippen LogP contribution in [0.2, 0.25) is 0 Å². The lowest BCUT2D eigenvalue weighted by Gasteiger charge is -2.22. The van der Waals surface area contributed by atoms with Crippen LogP contribution in [0.1, 0.15) is 31.9 Å². The van der Waals surface area contributed by atoms with Crippen molar-refractivity contribution in [2.24, 2.45) is 0 Å². The number of ether oxygens (including phenoxy) is 1. The highest BCUT2D eigenvalue weighted by atomic mass is 32.2. The molecule has 0 aromatic carbocycles. The molecule has 4 nitrogen and oxygen atoms in total. The van der Waals surface area contributed by atoms with Gasteiger partial charge in [0.25, 0.3) is 0 Å². The van der Waals surface area contributed by atoms with E-state index in [-0.39, 0.29) is 0 Å². The average Bonchev–Trinajstić information content (AvgIpc) is 2.37. The molecular formula is C13H21N3OS. The lowest BCUT2D eigenvalue weighted by Crippen LogP contribution is -2.25. The van der Waals surface area contributed by atoms with Gasteiger partial charge in [-0.25, -0.2) is 4.98 Å². The van der Waals surface area contributed by atoms with Gasteiger partial charge in [-0.1, -0.05) is 6.92 Å². The van der Waals surface area contributed by atoms with E-state index in [1.807, 2.05) is 24.8 Å². The van der Waals surface area contributed by atoms with Crippen LogP contribution < -0.4 is 10.1 Å². The number of anilines is 1. The molecule has 1 aromatic rings. The number of hydrogen-bond acceptors (Lipinski definition) is 5. The van der Waals surface area contributed by atoms with E-state index in [9.17, 15) is 0 Å². The third-order valence-electron chi connectivity index (χ3n) is 2.84. The first-order valence-electron chi connectivity index (χ1n) is 6.60. The van der Waals surface area contributed by atoms with Gasteiger partial charge in [0.15, 0.2) is 0 Å². The van der Waals surface area contributed by atoms with Crippen LogP contribution in [0.25, 0.3) is 0 Å². The van der Waals surface area contributed by atoms with Gasteiger partial charge in [0.2, 0.25) is 11.8 Å². The molecule has 2 rings (SSSR count). The van der Waals surface area contributed by atoms with Gasteiger partial charge in [0.05, 0.1) is 6.61 Å². The summed E-state index contributed by atoms with van der Waals surface area (Å²) >= 11 is 2.02. The summed E-state index contributed by atoms with van der Waals surface area (Å²) in [6, 6.07) is 2.39. The number of nitrogens with one attached hydrogen (secondary N) is 1. The fourth-order valence-corrected chi connectivity index (χ4v) is 3.02. The summed E-state index contributed by atoms with van der Waals surface area (Å²) in [5.41, 5.74) is 0.948. The summed E-state index contributed by atoms with van der Waals surface area (Å²) in [4.78, 5) is 8.84. The maximum Gasteiger partial charge on any atom is 0.226 e. The summed E-state index contributed by atoms with van der Waals surface area (Å²) in [5, 5.41) is 3.42. The topological polar surface area (TPSA) is 47.0 Å². The maximum absolute atomic E-state index is 5.57. The summed E-state index contributed by atoms with van der Waals surface area (Å²) in [5.74, 6) is 3.83. The molecule has 0 unspecified atom stereocenters. The molecule has 1 saturated heterocycles. The van der Waals surface area contributed by atoms with Crippen molar-refractivity contribution in [3.05, 3.63) is 11.8 Å². The lowest BCUT2D eigenvalue weighted by molar-refractivity contribution is 0.304. The van der Waals surface area contributed by atoms with E-state index in [0.717, 1.165) is 12.1 Å². The van der Waals surface area contributed by atoms with Crippen molar-refractivity contribution in [2.45, 2.75) is 39.2 Å². The van der Waals surface area contributed by atoms with Gasteiger partial charge in [-0.05, 0) is 37.7 Å². The molecule has 0 saturated carbocycles. The largest absolute Gasteiger partial charge is 0.478 e. The second-order valence-corrected chi connectivity index (χ2v) is 5.78. The number of thioether (sulfide) groups is 1. The van der Waals surface area contributed by atoms with E-state index in [4.69, 9.17) is 4.74 Å². The first kappa shape index (κ1) is 13.5. The van der Waals surface area contributed by atoms with Gasteiger partial charge in [0.1, 0.15) is 0 Å². The van der Waals surface area contributed by atoms with Crippen molar-refractivity contribution in [3.63, 3.8) is 0 Å². The van der Waals surface area contributed by atoms with Crippen LogP contribution in [0.5, 0.6) is 5.88 Å². The maximum atomic E-state index is 5.57. The highest BCUT2D eigenvalue weighted by molar-refractivity contribution is 7.99. The van der Waals surface area contributed by atoms with Gasteiger partial charge in [-0.2, -0.15) is 16.7 Å². The van der Waals surface area contributed by atoms with Crippen LogP contribution in [0.4, 0.5) is 5.95 Å². The Kier molecular flexibility index (Phi) is 5.11. The number of rotatable bonds is 5. The Labute approximate surface area is 113 Å². The van der Waals surface area contributed by atoms with E-state index in [2.05, 4.69) is 22.2 Å². The molecule has 1 fully saturated rings. The molecule has 1 aliphatic heterocycles. The van der Waals surface area contributed by atoms with E-state index in [1.54, 1.807) is 0 Å². The lowest BCUT2D eigenvalue weighted by atomic mass is 10.2. The molecule has 2 heterocycles. The number of aryl methyl sites for hydroxylation is 1. The third kappa shape index (κ3) is 4.05. The van der Waals surface area contributed by atoms with Gasteiger partial charge < -0.3 is 10.1 Å². The number of hydrogen-bond donors (Lipinski definition) is 1. The predicted octanol–water partition coefficient (Wildman–Crippen LogP) is 2.88. The van der Waals surface area contributed by atoms with E-state index >= 15 is 0 Å². The van der Waals surface area contributed by atoms with Crippen LogP contribution in [0, 0.1) is 6.92 Å². The summed E-state index contributed by atoms with van der Waals surface area (Å²) in [6.45, 7) is 4.77. The molecule has 100 valence electrons. The SMILES string of the molecule is CCCOc1cc(C)nc(NC2CCSCC2)n1. The molecule has 0 bridgehead atoms. The van der Waals surface area contributed by atoms with E-state index < -0.39 is 0 Å². The molecule has 0 atom stereocenters. The smallest absolute Gasteiger partial charge is 0.226 e. The van der Waals surface area contributed by atoms with E-state index in [0.29, 0.717) is 24.5 Å². The normalized spacial score (nSPS) is 16.6. The zero-order valence-electron chi connectivity index (χ0n) is 11.1. The molecule has 1 aromatic heterocycles. The molecule has 18 heavy (non-hydrogen) atoms. The second kappa shape index (κ2) is 6.83. The fraction of sp³-hybridized carbons (Fsp3) is 0.692. The number of aromatic nitrogens is 2. The molecule has 0 amide bonds. The Hall–Kier alpha value is -0.970. The highest BCUT2D eigenvalue weighted by Gasteiger charge is 2.15. The Bertz CT molecular complexity index is 380. The van der Waals surface area contributed by atoms with Crippen molar-refractivity contribution in [1.82, 2.24) is 9.97 Å². The van der Waals surface area contributed by atoms with Crippen molar-refractivity contribution in [3.8, 4) is 5.88 Å². The first-order chi connectivity index (χ1) is 8.78. The van der Waals surface area contributed by atoms with Crippen molar-refractivity contribution >= 4 is 17.7 Å². The zero-order chi connectivity index (χ0) is 12.8. The van der Waals surface area contributed by atoms with Crippen LogP contribution in [-0.2, 0) is 0 Å².